The van der Waals surface area contributed by atoms with Gasteiger partial charge in [-0.3, -0.25) is 0 Å². The van der Waals surface area contributed by atoms with Gasteiger partial charge in [0.1, 0.15) is 11.5 Å². The molecule has 0 bridgehead atoms. The number of carbonyl (C=O) groups excluding carboxylic acids is 1. The maximum absolute atomic E-state index is 10.1. The van der Waals surface area contributed by atoms with Gasteiger partial charge in [-0.2, -0.15) is 4.99 Å². The van der Waals surface area contributed by atoms with Crippen molar-refractivity contribution < 1.29 is 9.53 Å². The predicted molar refractivity (Wildman–Crippen MR) is 65.5 cm³/mol. The Morgan fingerprint density at radius 1 is 1.06 bits per heavy atom. The zero-order valence-corrected chi connectivity index (χ0v) is 9.38. The molecule has 2 aromatic rings. The molecule has 0 radical (unpaired) electrons. The lowest BCUT2D eigenvalue weighted by atomic mass is 10.2. The minimum absolute atomic E-state index is 0.567. The smallest absolute Gasteiger partial charge is 0.240 e. The molecule has 84 valence electrons. The molecule has 0 aliphatic carbocycles. The van der Waals surface area contributed by atoms with Crippen molar-refractivity contribution in [2.45, 2.75) is 6.92 Å². The number of aryl methyl sites for hydroxylation is 1. The highest BCUT2D eigenvalue weighted by molar-refractivity contribution is 5.50. The molecule has 0 spiro atoms. The summed E-state index contributed by atoms with van der Waals surface area (Å²) in [6.07, 6.45) is 1.50. The highest BCUT2D eigenvalue weighted by Crippen LogP contribution is 2.26. The van der Waals surface area contributed by atoms with Gasteiger partial charge in [0.05, 0.1) is 5.69 Å². The van der Waals surface area contributed by atoms with Crippen molar-refractivity contribution in [1.82, 2.24) is 0 Å². The Balaban J connectivity index is 2.19. The number of hydrogen-bond acceptors (Lipinski definition) is 3. The van der Waals surface area contributed by atoms with E-state index in [1.807, 2.05) is 31.2 Å². The van der Waals surface area contributed by atoms with E-state index < -0.39 is 0 Å². The third kappa shape index (κ3) is 2.80. The molecule has 0 aliphatic heterocycles. The van der Waals surface area contributed by atoms with Crippen LogP contribution in [0.15, 0.2) is 53.5 Å². The van der Waals surface area contributed by atoms with Crippen LogP contribution >= 0.6 is 0 Å². The molecule has 2 rings (SSSR count). The molecule has 3 nitrogen and oxygen atoms in total. The van der Waals surface area contributed by atoms with Gasteiger partial charge in [-0.15, -0.1) is 0 Å². The maximum atomic E-state index is 10.1. The summed E-state index contributed by atoms with van der Waals surface area (Å²) in [5.41, 5.74) is 1.64. The second kappa shape index (κ2) is 5.10. The molecule has 0 aliphatic rings. The summed E-state index contributed by atoms with van der Waals surface area (Å²) in [5, 5.41) is 0. The molecular formula is C14H11NO2. The van der Waals surface area contributed by atoms with Gasteiger partial charge in [-0.25, -0.2) is 4.79 Å². The first-order chi connectivity index (χ1) is 8.29. The van der Waals surface area contributed by atoms with Gasteiger partial charge < -0.3 is 4.74 Å². The van der Waals surface area contributed by atoms with E-state index in [1.165, 1.54) is 6.08 Å². The monoisotopic (exact) mass is 225 g/mol. The number of hydrogen-bond donors (Lipinski definition) is 0. The fraction of sp³-hybridized carbons (Fsp3) is 0.0714. The zero-order valence-electron chi connectivity index (χ0n) is 9.38. The first-order valence-electron chi connectivity index (χ1n) is 5.21. The van der Waals surface area contributed by atoms with Crippen molar-refractivity contribution in [3.05, 3.63) is 54.1 Å². The number of nitrogens with zero attached hydrogens (tertiary/aromatic N) is 1. The Morgan fingerprint density at radius 3 is 2.41 bits per heavy atom. The van der Waals surface area contributed by atoms with E-state index in [1.54, 1.807) is 24.3 Å². The zero-order chi connectivity index (χ0) is 12.1. The third-order valence-electron chi connectivity index (χ3n) is 2.33. The fourth-order valence-corrected chi connectivity index (χ4v) is 1.44. The van der Waals surface area contributed by atoms with Crippen LogP contribution in [-0.2, 0) is 4.79 Å². The van der Waals surface area contributed by atoms with Gasteiger partial charge in [0, 0.05) is 0 Å². The second-order valence-electron chi connectivity index (χ2n) is 3.56. The summed E-state index contributed by atoms with van der Waals surface area (Å²) < 4.78 is 5.70. The average Bonchev–Trinajstić information content (AvgIpc) is 2.35. The van der Waals surface area contributed by atoms with Gasteiger partial charge in [-0.1, -0.05) is 18.2 Å². The molecule has 0 saturated carbocycles. The Hall–Kier alpha value is -2.38. The largest absolute Gasteiger partial charge is 0.457 e. The molecule has 2 aromatic carbocycles. The SMILES string of the molecule is Cc1ccccc1Oc1ccc(N=C=O)cc1. The Labute approximate surface area is 99.4 Å². The van der Waals surface area contributed by atoms with E-state index in [0.29, 0.717) is 11.4 Å². The molecule has 0 aromatic heterocycles. The van der Waals surface area contributed by atoms with E-state index in [-0.39, 0.29) is 0 Å². The lowest BCUT2D eigenvalue weighted by molar-refractivity contribution is 0.479. The van der Waals surface area contributed by atoms with Crippen LogP contribution in [0.3, 0.4) is 0 Å². The number of benzene rings is 2. The van der Waals surface area contributed by atoms with E-state index in [9.17, 15) is 4.79 Å². The normalized spacial score (nSPS) is 9.47. The number of isocyanates is 1. The van der Waals surface area contributed by atoms with Crippen LogP contribution in [0.5, 0.6) is 11.5 Å². The van der Waals surface area contributed by atoms with Crippen molar-refractivity contribution in [3.63, 3.8) is 0 Å². The van der Waals surface area contributed by atoms with Crippen molar-refractivity contribution >= 4 is 11.8 Å². The summed E-state index contributed by atoms with van der Waals surface area (Å²) in [6.45, 7) is 1.99. The topological polar surface area (TPSA) is 38.7 Å². The number of ether oxygens (including phenoxy) is 1. The molecule has 3 heteroatoms. The van der Waals surface area contributed by atoms with E-state index in [4.69, 9.17) is 4.74 Å². The standard InChI is InChI=1S/C14H11NO2/c1-11-4-2-3-5-14(11)17-13-8-6-12(7-9-13)15-10-16/h2-9H,1H3. The van der Waals surface area contributed by atoms with Gasteiger partial charge in [0.2, 0.25) is 6.08 Å². The van der Waals surface area contributed by atoms with Gasteiger partial charge in [0.15, 0.2) is 0 Å². The highest BCUT2D eigenvalue weighted by atomic mass is 16.5. The van der Waals surface area contributed by atoms with Crippen LogP contribution < -0.4 is 4.74 Å². The van der Waals surface area contributed by atoms with Crippen LogP contribution in [0, 0.1) is 6.92 Å². The first kappa shape index (κ1) is 11.1. The molecule has 0 heterocycles. The van der Waals surface area contributed by atoms with E-state index in [2.05, 4.69) is 4.99 Å². The summed E-state index contributed by atoms with van der Waals surface area (Å²) in [4.78, 5) is 13.6. The molecule has 0 amide bonds. The maximum Gasteiger partial charge on any atom is 0.240 e. The summed E-state index contributed by atoms with van der Waals surface area (Å²) in [5.74, 6) is 1.53. The highest BCUT2D eigenvalue weighted by Gasteiger charge is 2.00. The number of aliphatic imine (C=N–C) groups is 1. The van der Waals surface area contributed by atoms with E-state index in [0.717, 1.165) is 11.3 Å². The third-order valence-corrected chi connectivity index (χ3v) is 2.33. The minimum atomic E-state index is 0.567. The molecule has 17 heavy (non-hydrogen) atoms. The van der Waals surface area contributed by atoms with Crippen molar-refractivity contribution in [2.75, 3.05) is 0 Å². The number of rotatable bonds is 3. The van der Waals surface area contributed by atoms with Crippen molar-refractivity contribution in [3.8, 4) is 11.5 Å². The van der Waals surface area contributed by atoms with E-state index >= 15 is 0 Å². The summed E-state index contributed by atoms with van der Waals surface area (Å²) in [7, 11) is 0. The second-order valence-corrected chi connectivity index (χ2v) is 3.56. The lowest BCUT2D eigenvalue weighted by Crippen LogP contribution is -1.86. The van der Waals surface area contributed by atoms with Crippen LogP contribution in [0.2, 0.25) is 0 Å². The molecule has 0 atom stereocenters. The van der Waals surface area contributed by atoms with Gasteiger partial charge >= 0.3 is 0 Å². The van der Waals surface area contributed by atoms with Crippen LogP contribution in [0.4, 0.5) is 5.69 Å². The molecule has 0 unspecified atom stereocenters. The predicted octanol–water partition coefficient (Wildman–Crippen LogP) is 3.75. The molecular weight excluding hydrogens is 214 g/mol. The van der Waals surface area contributed by atoms with Gasteiger partial charge in [0.25, 0.3) is 0 Å². The Morgan fingerprint density at radius 2 is 1.76 bits per heavy atom. The quantitative estimate of drug-likeness (QED) is 0.589. The van der Waals surface area contributed by atoms with Crippen LogP contribution in [0.25, 0.3) is 0 Å². The molecule has 0 saturated heterocycles. The first-order valence-corrected chi connectivity index (χ1v) is 5.21. The molecule has 0 N–H and O–H groups in total. The number of para-hydroxylation sites is 1. The van der Waals surface area contributed by atoms with Gasteiger partial charge in [-0.05, 0) is 42.8 Å². The minimum Gasteiger partial charge on any atom is -0.457 e. The lowest BCUT2D eigenvalue weighted by Gasteiger charge is -2.07. The average molecular weight is 225 g/mol. The molecule has 0 fully saturated rings. The van der Waals surface area contributed by atoms with Crippen LogP contribution in [-0.4, -0.2) is 6.08 Å². The Bertz CT molecular complexity index is 555. The van der Waals surface area contributed by atoms with Crippen LogP contribution in [0.1, 0.15) is 5.56 Å². The fourth-order valence-electron chi connectivity index (χ4n) is 1.44. The van der Waals surface area contributed by atoms with Crippen molar-refractivity contribution in [1.29, 1.82) is 0 Å². The Kier molecular flexibility index (Phi) is 3.34. The summed E-state index contributed by atoms with van der Waals surface area (Å²) >= 11 is 0. The summed E-state index contributed by atoms with van der Waals surface area (Å²) in [6, 6.07) is 14.7. The van der Waals surface area contributed by atoms with Crippen molar-refractivity contribution in [2.24, 2.45) is 4.99 Å².